The summed E-state index contributed by atoms with van der Waals surface area (Å²) in [5.74, 6) is 0.222. The Morgan fingerprint density at radius 2 is 2.18 bits per heavy atom. The van der Waals surface area contributed by atoms with Gasteiger partial charge in [0.15, 0.2) is 0 Å². The molecule has 5 nitrogen and oxygen atoms in total. The van der Waals surface area contributed by atoms with Crippen molar-refractivity contribution in [3.05, 3.63) is 0 Å². The summed E-state index contributed by atoms with van der Waals surface area (Å²) in [6.07, 6.45) is 0.207. The van der Waals surface area contributed by atoms with Crippen LogP contribution in [0, 0.1) is 0 Å². The zero-order chi connectivity index (χ0) is 12.7. The van der Waals surface area contributed by atoms with Gasteiger partial charge in [-0.1, -0.05) is 0 Å². The van der Waals surface area contributed by atoms with Crippen molar-refractivity contribution in [2.45, 2.75) is 20.0 Å². The molecule has 0 aromatic rings. The molecule has 1 saturated heterocycles. The lowest BCUT2D eigenvalue weighted by atomic mass is 10.2. The molecule has 100 valence electrons. The van der Waals surface area contributed by atoms with Crippen LogP contribution in [0.4, 0.5) is 0 Å². The van der Waals surface area contributed by atoms with Crippen molar-refractivity contribution < 1.29 is 9.53 Å². The third-order valence-corrected chi connectivity index (χ3v) is 3.13. The van der Waals surface area contributed by atoms with Gasteiger partial charge in [0.2, 0.25) is 5.91 Å². The number of carbonyl (C=O) groups excluding carboxylic acids is 1. The summed E-state index contributed by atoms with van der Waals surface area (Å²) in [6, 6.07) is 0. The molecule has 0 bridgehead atoms. The van der Waals surface area contributed by atoms with Gasteiger partial charge >= 0.3 is 0 Å². The number of nitrogens with zero attached hydrogens (tertiary/aromatic N) is 2. The first-order valence-electron chi connectivity index (χ1n) is 6.47. The lowest BCUT2D eigenvalue weighted by Crippen LogP contribution is -2.50. The molecule has 1 fully saturated rings. The van der Waals surface area contributed by atoms with E-state index >= 15 is 0 Å². The minimum absolute atomic E-state index is 0.207. The lowest BCUT2D eigenvalue weighted by molar-refractivity contribution is -0.134. The van der Waals surface area contributed by atoms with Crippen molar-refractivity contribution in [1.29, 1.82) is 0 Å². The van der Waals surface area contributed by atoms with Crippen molar-refractivity contribution in [1.82, 2.24) is 15.1 Å². The van der Waals surface area contributed by atoms with Crippen LogP contribution in [0.3, 0.4) is 0 Å². The molecule has 0 spiro atoms. The van der Waals surface area contributed by atoms with Crippen LogP contribution in [0.1, 0.15) is 13.8 Å². The van der Waals surface area contributed by atoms with Crippen LogP contribution in [0.15, 0.2) is 0 Å². The molecular weight excluding hydrogens is 218 g/mol. The predicted octanol–water partition coefficient (Wildman–Crippen LogP) is -0.225. The van der Waals surface area contributed by atoms with Gasteiger partial charge < -0.3 is 15.0 Å². The van der Waals surface area contributed by atoms with Crippen LogP contribution >= 0.6 is 0 Å². The number of amides is 1. The van der Waals surface area contributed by atoms with Gasteiger partial charge in [0.25, 0.3) is 0 Å². The summed E-state index contributed by atoms with van der Waals surface area (Å²) >= 11 is 0. The minimum atomic E-state index is 0.207. The minimum Gasteiger partial charge on any atom is -0.374 e. The van der Waals surface area contributed by atoms with E-state index in [1.165, 1.54) is 0 Å². The average Bonchev–Trinajstić information content (AvgIpc) is 2.31. The quantitative estimate of drug-likeness (QED) is 0.700. The molecular formula is C12H25N3O2. The summed E-state index contributed by atoms with van der Waals surface area (Å²) in [7, 11) is 1.92. The van der Waals surface area contributed by atoms with Gasteiger partial charge in [-0.3, -0.25) is 9.69 Å². The van der Waals surface area contributed by atoms with Crippen molar-refractivity contribution in [3.63, 3.8) is 0 Å². The van der Waals surface area contributed by atoms with E-state index in [9.17, 15) is 4.79 Å². The van der Waals surface area contributed by atoms with Crippen molar-refractivity contribution in [2.24, 2.45) is 0 Å². The highest BCUT2D eigenvalue weighted by Crippen LogP contribution is 2.05. The highest BCUT2D eigenvalue weighted by Gasteiger charge is 2.22. The Hall–Kier alpha value is -0.650. The molecule has 0 aromatic carbocycles. The van der Waals surface area contributed by atoms with Gasteiger partial charge in [-0.2, -0.15) is 0 Å². The molecule has 5 heteroatoms. The van der Waals surface area contributed by atoms with E-state index in [0.29, 0.717) is 6.54 Å². The summed E-state index contributed by atoms with van der Waals surface area (Å²) in [5, 5.41) is 3.11. The molecule has 17 heavy (non-hydrogen) atoms. The van der Waals surface area contributed by atoms with Crippen LogP contribution in [-0.4, -0.2) is 74.7 Å². The third-order valence-electron chi connectivity index (χ3n) is 3.13. The number of likely N-dealkylation sites (N-methyl/N-ethyl adjacent to an activating group) is 2. The van der Waals surface area contributed by atoms with Gasteiger partial charge in [-0.25, -0.2) is 0 Å². The summed E-state index contributed by atoms with van der Waals surface area (Å²) in [4.78, 5) is 16.0. The Morgan fingerprint density at radius 3 is 2.76 bits per heavy atom. The van der Waals surface area contributed by atoms with E-state index < -0.39 is 0 Å². The number of rotatable bonds is 6. The molecule has 1 N–H and O–H groups in total. The summed E-state index contributed by atoms with van der Waals surface area (Å²) in [5.41, 5.74) is 0. The first kappa shape index (κ1) is 14.4. The molecule has 1 unspecified atom stereocenters. The molecule has 1 aliphatic rings. The normalized spacial score (nSPS) is 21.5. The molecule has 0 aromatic heterocycles. The Balaban J connectivity index is 2.37. The second kappa shape index (κ2) is 7.63. The second-order valence-electron chi connectivity index (χ2n) is 4.35. The van der Waals surface area contributed by atoms with Gasteiger partial charge in [-0.15, -0.1) is 0 Å². The van der Waals surface area contributed by atoms with Gasteiger partial charge in [-0.05, 0) is 20.9 Å². The van der Waals surface area contributed by atoms with E-state index in [1.54, 1.807) is 0 Å². The molecule has 0 aliphatic carbocycles. The topological polar surface area (TPSA) is 44.8 Å². The molecule has 1 atom stereocenters. The van der Waals surface area contributed by atoms with Crippen LogP contribution in [-0.2, 0) is 9.53 Å². The third kappa shape index (κ3) is 4.61. The Morgan fingerprint density at radius 1 is 1.47 bits per heavy atom. The first-order chi connectivity index (χ1) is 8.21. The first-order valence-corrected chi connectivity index (χ1v) is 6.47. The number of carbonyl (C=O) groups is 1. The Kier molecular flexibility index (Phi) is 6.47. The molecule has 1 amide bonds. The van der Waals surface area contributed by atoms with Crippen LogP contribution in [0.5, 0.6) is 0 Å². The highest BCUT2D eigenvalue weighted by atomic mass is 16.5. The largest absolute Gasteiger partial charge is 0.374 e. The average molecular weight is 243 g/mol. The van der Waals surface area contributed by atoms with Gasteiger partial charge in [0.1, 0.15) is 0 Å². The maximum absolute atomic E-state index is 12.0. The fourth-order valence-electron chi connectivity index (χ4n) is 2.14. The number of hydrogen-bond donors (Lipinski definition) is 1. The number of morpholine rings is 1. The summed E-state index contributed by atoms with van der Waals surface area (Å²) < 4.78 is 5.61. The van der Waals surface area contributed by atoms with E-state index in [-0.39, 0.29) is 12.0 Å². The number of nitrogens with one attached hydrogen (secondary N) is 1. The molecule has 1 heterocycles. The SMILES string of the molecule is CCN(CC)C(=O)CN1CCOC(CNC)C1. The van der Waals surface area contributed by atoms with Crippen LogP contribution in [0.25, 0.3) is 0 Å². The van der Waals surface area contributed by atoms with E-state index in [4.69, 9.17) is 4.74 Å². The van der Waals surface area contributed by atoms with Crippen molar-refractivity contribution in [2.75, 3.05) is 52.9 Å². The monoisotopic (exact) mass is 243 g/mol. The maximum Gasteiger partial charge on any atom is 0.236 e. The zero-order valence-electron chi connectivity index (χ0n) is 11.2. The number of hydrogen-bond acceptors (Lipinski definition) is 4. The second-order valence-corrected chi connectivity index (χ2v) is 4.35. The van der Waals surface area contributed by atoms with Crippen LogP contribution < -0.4 is 5.32 Å². The van der Waals surface area contributed by atoms with Gasteiger partial charge in [0, 0.05) is 32.7 Å². The van der Waals surface area contributed by atoms with Gasteiger partial charge in [0.05, 0.1) is 19.3 Å². The zero-order valence-corrected chi connectivity index (χ0v) is 11.2. The molecule has 1 aliphatic heterocycles. The highest BCUT2D eigenvalue weighted by molar-refractivity contribution is 5.78. The maximum atomic E-state index is 12.0. The van der Waals surface area contributed by atoms with E-state index in [2.05, 4.69) is 10.2 Å². The van der Waals surface area contributed by atoms with Crippen molar-refractivity contribution in [3.8, 4) is 0 Å². The van der Waals surface area contributed by atoms with Crippen LogP contribution in [0.2, 0.25) is 0 Å². The molecule has 0 radical (unpaired) electrons. The van der Waals surface area contributed by atoms with E-state index in [0.717, 1.165) is 39.3 Å². The molecule has 1 rings (SSSR count). The number of ether oxygens (including phenoxy) is 1. The van der Waals surface area contributed by atoms with Crippen molar-refractivity contribution >= 4 is 5.91 Å². The standard InChI is InChI=1S/C12H25N3O2/c1-4-15(5-2)12(16)10-14-6-7-17-11(9-14)8-13-3/h11,13H,4-10H2,1-3H3. The molecule has 0 saturated carbocycles. The lowest BCUT2D eigenvalue weighted by Gasteiger charge is -2.33. The fraction of sp³-hybridized carbons (Fsp3) is 0.917. The Bertz CT molecular complexity index is 230. The summed E-state index contributed by atoms with van der Waals surface area (Å²) in [6.45, 7) is 9.40. The smallest absolute Gasteiger partial charge is 0.236 e. The fourth-order valence-corrected chi connectivity index (χ4v) is 2.14. The predicted molar refractivity (Wildman–Crippen MR) is 68.0 cm³/mol. The van der Waals surface area contributed by atoms with E-state index in [1.807, 2.05) is 25.8 Å². The Labute approximate surface area is 104 Å².